The summed E-state index contributed by atoms with van der Waals surface area (Å²) in [6.07, 6.45) is 6.14. The zero-order valence-electron chi connectivity index (χ0n) is 11.1. The predicted octanol–water partition coefficient (Wildman–Crippen LogP) is 2.24. The lowest BCUT2D eigenvalue weighted by Gasteiger charge is -2.22. The maximum atomic E-state index is 11.5. The largest absolute Gasteiger partial charge is 0.469 e. The molecule has 0 radical (unpaired) electrons. The van der Waals surface area contributed by atoms with Crippen molar-refractivity contribution in [1.29, 1.82) is 0 Å². The zero-order valence-corrected chi connectivity index (χ0v) is 11.1. The molecule has 0 spiro atoms. The lowest BCUT2D eigenvalue weighted by atomic mass is 9.96. The van der Waals surface area contributed by atoms with Crippen molar-refractivity contribution >= 4 is 5.97 Å². The lowest BCUT2D eigenvalue weighted by Crippen LogP contribution is -2.36. The van der Waals surface area contributed by atoms with Crippen LogP contribution >= 0.6 is 0 Å². The van der Waals surface area contributed by atoms with Gasteiger partial charge in [0.05, 0.1) is 13.2 Å². The first-order valence-electron chi connectivity index (χ1n) is 6.49. The lowest BCUT2D eigenvalue weighted by molar-refractivity contribution is -0.206. The Bertz CT molecular complexity index is 250. The normalized spacial score (nSPS) is 32.7. The van der Waals surface area contributed by atoms with Crippen LogP contribution in [0.3, 0.4) is 0 Å². The molecule has 1 heterocycles. The number of aliphatic hydroxyl groups is 1. The van der Waals surface area contributed by atoms with Gasteiger partial charge in [-0.15, -0.1) is 0 Å². The van der Waals surface area contributed by atoms with Gasteiger partial charge in [0.15, 0.2) is 5.79 Å². The van der Waals surface area contributed by atoms with E-state index in [0.717, 1.165) is 12.8 Å². The summed E-state index contributed by atoms with van der Waals surface area (Å²) in [6, 6.07) is 0. The van der Waals surface area contributed by atoms with Crippen LogP contribution in [0.15, 0.2) is 0 Å². The second kappa shape index (κ2) is 6.36. The van der Waals surface area contributed by atoms with E-state index in [9.17, 15) is 9.90 Å². The Morgan fingerprint density at radius 1 is 1.47 bits per heavy atom. The van der Waals surface area contributed by atoms with E-state index in [1.165, 1.54) is 26.4 Å². The Labute approximate surface area is 103 Å². The number of carbonyl (C=O) groups excluding carboxylic acids is 1. The Morgan fingerprint density at radius 2 is 2.18 bits per heavy atom. The summed E-state index contributed by atoms with van der Waals surface area (Å²) in [6.45, 7) is 3.71. The van der Waals surface area contributed by atoms with Crippen LogP contribution in [0.2, 0.25) is 0 Å². The minimum atomic E-state index is -1.37. The molecular formula is C13H24O4. The van der Waals surface area contributed by atoms with Gasteiger partial charge in [-0.05, 0) is 19.8 Å². The molecular weight excluding hydrogens is 220 g/mol. The molecule has 1 N–H and O–H groups in total. The molecule has 4 nitrogen and oxygen atoms in total. The summed E-state index contributed by atoms with van der Waals surface area (Å²) in [5.41, 5.74) is 0. The van der Waals surface area contributed by atoms with E-state index >= 15 is 0 Å². The smallest absolute Gasteiger partial charge is 0.314 e. The van der Waals surface area contributed by atoms with E-state index in [-0.39, 0.29) is 12.1 Å². The van der Waals surface area contributed by atoms with E-state index < -0.39 is 11.7 Å². The highest BCUT2D eigenvalue weighted by molar-refractivity contribution is 5.73. The molecule has 17 heavy (non-hydrogen) atoms. The van der Waals surface area contributed by atoms with Crippen molar-refractivity contribution in [2.24, 2.45) is 5.92 Å². The number of hydrogen-bond acceptors (Lipinski definition) is 4. The van der Waals surface area contributed by atoms with Crippen molar-refractivity contribution in [3.8, 4) is 0 Å². The molecule has 0 aromatic carbocycles. The van der Waals surface area contributed by atoms with Crippen molar-refractivity contribution in [2.45, 2.75) is 64.3 Å². The maximum Gasteiger partial charge on any atom is 0.314 e. The minimum Gasteiger partial charge on any atom is -0.469 e. The summed E-state index contributed by atoms with van der Waals surface area (Å²) < 4.78 is 10.2. The molecule has 4 heteroatoms. The molecule has 1 aliphatic rings. The average Bonchev–Trinajstić information content (AvgIpc) is 2.59. The Kier molecular flexibility index (Phi) is 5.40. The predicted molar refractivity (Wildman–Crippen MR) is 64.4 cm³/mol. The van der Waals surface area contributed by atoms with Crippen molar-refractivity contribution in [2.75, 3.05) is 7.11 Å². The number of carbonyl (C=O) groups is 1. The zero-order chi connectivity index (χ0) is 12.9. The Hall–Kier alpha value is -0.610. The molecule has 0 saturated carbocycles. The summed E-state index contributed by atoms with van der Waals surface area (Å²) in [5, 5.41) is 10.0. The van der Waals surface area contributed by atoms with Gasteiger partial charge in [0.1, 0.15) is 5.92 Å². The fraction of sp³-hybridized carbons (Fsp3) is 0.923. The Morgan fingerprint density at radius 3 is 2.76 bits per heavy atom. The van der Waals surface area contributed by atoms with E-state index in [0.29, 0.717) is 6.42 Å². The number of ether oxygens (including phenoxy) is 2. The molecule has 100 valence electrons. The molecule has 1 aliphatic heterocycles. The third-order valence-corrected chi connectivity index (χ3v) is 3.42. The van der Waals surface area contributed by atoms with Gasteiger partial charge in [0, 0.05) is 0 Å². The third-order valence-electron chi connectivity index (χ3n) is 3.42. The fourth-order valence-electron chi connectivity index (χ4n) is 2.38. The van der Waals surface area contributed by atoms with Gasteiger partial charge in [-0.1, -0.05) is 32.6 Å². The van der Waals surface area contributed by atoms with Crippen LogP contribution in [0.1, 0.15) is 52.4 Å². The van der Waals surface area contributed by atoms with Crippen molar-refractivity contribution in [1.82, 2.24) is 0 Å². The highest BCUT2D eigenvalue weighted by Crippen LogP contribution is 2.36. The molecule has 0 unspecified atom stereocenters. The topological polar surface area (TPSA) is 55.8 Å². The molecule has 0 aliphatic carbocycles. The van der Waals surface area contributed by atoms with Crippen LogP contribution < -0.4 is 0 Å². The molecule has 1 rings (SSSR count). The summed E-state index contributed by atoms with van der Waals surface area (Å²) in [4.78, 5) is 11.5. The molecule has 0 bridgehead atoms. The van der Waals surface area contributed by atoms with Crippen LogP contribution in [0.25, 0.3) is 0 Å². The summed E-state index contributed by atoms with van der Waals surface area (Å²) in [5.74, 6) is -2.31. The number of hydrogen-bond donors (Lipinski definition) is 1. The first-order valence-corrected chi connectivity index (χ1v) is 6.49. The van der Waals surface area contributed by atoms with Gasteiger partial charge >= 0.3 is 5.97 Å². The molecule has 1 fully saturated rings. The first-order chi connectivity index (χ1) is 8.01. The quantitative estimate of drug-likeness (QED) is 0.575. The average molecular weight is 244 g/mol. The van der Waals surface area contributed by atoms with E-state index in [2.05, 4.69) is 11.7 Å². The van der Waals surface area contributed by atoms with Gasteiger partial charge in [0.25, 0.3) is 0 Å². The highest BCUT2D eigenvalue weighted by Gasteiger charge is 2.48. The molecule has 0 aromatic rings. The minimum absolute atomic E-state index is 0.0223. The number of methoxy groups -OCH3 is 1. The molecule has 1 saturated heterocycles. The van der Waals surface area contributed by atoms with Gasteiger partial charge < -0.3 is 14.6 Å². The number of unbranched alkanes of at least 4 members (excludes halogenated alkanes) is 3. The summed E-state index contributed by atoms with van der Waals surface area (Å²) in [7, 11) is 1.34. The van der Waals surface area contributed by atoms with Gasteiger partial charge in [-0.2, -0.15) is 0 Å². The van der Waals surface area contributed by atoms with Gasteiger partial charge in [0.2, 0.25) is 0 Å². The van der Waals surface area contributed by atoms with E-state index in [4.69, 9.17) is 4.74 Å². The molecule has 0 amide bonds. The van der Waals surface area contributed by atoms with Crippen LogP contribution in [-0.4, -0.2) is 30.1 Å². The summed E-state index contributed by atoms with van der Waals surface area (Å²) >= 11 is 0. The van der Waals surface area contributed by atoms with Gasteiger partial charge in [-0.25, -0.2) is 0 Å². The van der Waals surface area contributed by atoms with E-state index in [1.807, 2.05) is 0 Å². The monoisotopic (exact) mass is 244 g/mol. The number of rotatable bonds is 6. The highest BCUT2D eigenvalue weighted by atomic mass is 16.6. The standard InChI is InChI=1S/C13H24O4/c1-4-5-6-7-8-10-9-11(12(14)16-3)13(2,15)17-10/h10-11,15H,4-9H2,1-3H3/t10-,11-,13-/m0/s1. The van der Waals surface area contributed by atoms with Crippen molar-refractivity contribution < 1.29 is 19.4 Å². The van der Waals surface area contributed by atoms with Crippen molar-refractivity contribution in [3.05, 3.63) is 0 Å². The SMILES string of the molecule is CCCCCC[C@H]1C[C@@H](C(=O)OC)[C@@](C)(O)O1. The van der Waals surface area contributed by atoms with Crippen LogP contribution in [0, 0.1) is 5.92 Å². The van der Waals surface area contributed by atoms with E-state index in [1.54, 1.807) is 6.92 Å². The van der Waals surface area contributed by atoms with Crippen LogP contribution in [0.5, 0.6) is 0 Å². The third kappa shape index (κ3) is 3.96. The molecule has 0 aromatic heterocycles. The van der Waals surface area contributed by atoms with Crippen LogP contribution in [0.4, 0.5) is 0 Å². The van der Waals surface area contributed by atoms with Gasteiger partial charge in [-0.3, -0.25) is 4.79 Å². The second-order valence-corrected chi connectivity index (χ2v) is 4.96. The van der Waals surface area contributed by atoms with Crippen molar-refractivity contribution in [3.63, 3.8) is 0 Å². The fourth-order valence-corrected chi connectivity index (χ4v) is 2.38. The number of esters is 1. The second-order valence-electron chi connectivity index (χ2n) is 4.96. The Balaban J connectivity index is 2.39. The first kappa shape index (κ1) is 14.5. The maximum absolute atomic E-state index is 11.5. The molecule has 3 atom stereocenters. The van der Waals surface area contributed by atoms with Crippen LogP contribution in [-0.2, 0) is 14.3 Å².